The van der Waals surface area contributed by atoms with Crippen LogP contribution >= 0.6 is 0 Å². The molecular formula is C19H20F2N4O3. The molecule has 0 bridgehead atoms. The Labute approximate surface area is 159 Å². The Kier molecular flexibility index (Phi) is 4.32. The molecule has 2 aliphatic rings. The number of urea groups is 1. The minimum Gasteiger partial charge on any atom is -0.481 e. The third-order valence-electron chi connectivity index (χ3n) is 5.84. The maximum absolute atomic E-state index is 14.0. The third-order valence-corrected chi connectivity index (χ3v) is 5.84. The average molecular weight is 390 g/mol. The Bertz CT molecular complexity index is 961. The number of benzene rings is 1. The fourth-order valence-corrected chi connectivity index (χ4v) is 4.41. The van der Waals surface area contributed by atoms with Gasteiger partial charge in [-0.05, 0) is 37.8 Å². The zero-order valence-electron chi connectivity index (χ0n) is 15.3. The van der Waals surface area contributed by atoms with E-state index in [1.165, 1.54) is 15.6 Å². The highest BCUT2D eigenvalue weighted by atomic mass is 19.1. The summed E-state index contributed by atoms with van der Waals surface area (Å²) in [5, 5.41) is 16.5. The highest BCUT2D eigenvalue weighted by Crippen LogP contribution is 2.48. The first kappa shape index (κ1) is 18.4. The first-order valence-corrected chi connectivity index (χ1v) is 9.11. The lowest BCUT2D eigenvalue weighted by Gasteiger charge is -2.23. The number of fused-ring (bicyclic) bond motifs is 1. The van der Waals surface area contributed by atoms with E-state index in [-0.39, 0.29) is 24.0 Å². The highest BCUT2D eigenvalue weighted by Gasteiger charge is 2.55. The van der Waals surface area contributed by atoms with Gasteiger partial charge in [-0.2, -0.15) is 0 Å². The van der Waals surface area contributed by atoms with Crippen LogP contribution in [0.4, 0.5) is 19.4 Å². The van der Waals surface area contributed by atoms with Crippen LogP contribution in [0.1, 0.15) is 25.0 Å². The van der Waals surface area contributed by atoms with E-state index >= 15 is 0 Å². The lowest BCUT2D eigenvalue weighted by Crippen LogP contribution is -2.38. The van der Waals surface area contributed by atoms with Crippen molar-refractivity contribution in [3.05, 3.63) is 41.6 Å². The van der Waals surface area contributed by atoms with E-state index in [9.17, 15) is 23.5 Å². The number of carboxylic acids is 1. The first-order chi connectivity index (χ1) is 13.3. The molecule has 2 aromatic rings. The number of halogens is 2. The number of nitrogens with one attached hydrogen (secondary N) is 1. The van der Waals surface area contributed by atoms with E-state index in [0.29, 0.717) is 18.7 Å². The second kappa shape index (κ2) is 6.57. The van der Waals surface area contributed by atoms with Crippen LogP contribution in [0.2, 0.25) is 0 Å². The van der Waals surface area contributed by atoms with Gasteiger partial charge < -0.3 is 10.0 Å². The number of hydrogen-bond acceptors (Lipinski definition) is 3. The molecule has 2 fully saturated rings. The lowest BCUT2D eigenvalue weighted by atomic mass is 9.81. The van der Waals surface area contributed by atoms with Crippen molar-refractivity contribution in [2.75, 3.05) is 18.4 Å². The van der Waals surface area contributed by atoms with Crippen LogP contribution < -0.4 is 5.32 Å². The smallest absolute Gasteiger partial charge is 0.323 e. The molecule has 7 nitrogen and oxygen atoms in total. The van der Waals surface area contributed by atoms with E-state index < -0.39 is 29.0 Å². The molecule has 1 aromatic heterocycles. The maximum Gasteiger partial charge on any atom is 0.323 e. The largest absolute Gasteiger partial charge is 0.481 e. The number of likely N-dealkylation sites (tertiary alicyclic amines) is 1. The van der Waals surface area contributed by atoms with Gasteiger partial charge in [0.15, 0.2) is 11.6 Å². The van der Waals surface area contributed by atoms with Crippen molar-refractivity contribution in [1.29, 1.82) is 0 Å². The quantitative estimate of drug-likeness (QED) is 0.843. The molecule has 2 amide bonds. The molecule has 1 aliphatic heterocycles. The Morgan fingerprint density at radius 3 is 2.79 bits per heavy atom. The van der Waals surface area contributed by atoms with Crippen molar-refractivity contribution in [2.24, 2.45) is 11.3 Å². The van der Waals surface area contributed by atoms with E-state index in [0.717, 1.165) is 25.0 Å². The predicted molar refractivity (Wildman–Crippen MR) is 96.2 cm³/mol. The number of nitrogens with zero attached hydrogens (tertiary/aromatic N) is 3. The topological polar surface area (TPSA) is 87.5 Å². The fraction of sp³-hybridized carbons (Fsp3) is 0.421. The summed E-state index contributed by atoms with van der Waals surface area (Å²) in [6.07, 6.45) is 2.24. The maximum atomic E-state index is 14.0. The number of carbonyl (C=O) groups is 2. The van der Waals surface area contributed by atoms with Crippen LogP contribution in [0.25, 0.3) is 5.69 Å². The van der Waals surface area contributed by atoms with Crippen molar-refractivity contribution in [2.45, 2.75) is 26.2 Å². The Morgan fingerprint density at radius 2 is 2.11 bits per heavy atom. The van der Waals surface area contributed by atoms with Gasteiger partial charge in [0, 0.05) is 30.9 Å². The molecule has 1 aliphatic carbocycles. The minimum atomic E-state index is -0.857. The Morgan fingerprint density at radius 1 is 1.32 bits per heavy atom. The summed E-state index contributed by atoms with van der Waals surface area (Å²) in [6, 6.07) is 4.31. The van der Waals surface area contributed by atoms with E-state index in [1.807, 2.05) is 0 Å². The second-order valence-corrected chi connectivity index (χ2v) is 7.54. The van der Waals surface area contributed by atoms with Gasteiger partial charge in [0.1, 0.15) is 11.5 Å². The van der Waals surface area contributed by atoms with Gasteiger partial charge in [-0.15, -0.1) is 5.10 Å². The van der Waals surface area contributed by atoms with Gasteiger partial charge in [0.05, 0.1) is 5.41 Å². The molecule has 9 heteroatoms. The van der Waals surface area contributed by atoms with Gasteiger partial charge in [-0.25, -0.2) is 18.3 Å². The summed E-state index contributed by atoms with van der Waals surface area (Å²) in [4.78, 5) is 25.9. The second-order valence-electron chi connectivity index (χ2n) is 7.54. The Balaban J connectivity index is 1.51. The number of aliphatic carboxylic acids is 1. The van der Waals surface area contributed by atoms with E-state index in [1.54, 1.807) is 13.0 Å². The highest BCUT2D eigenvalue weighted by molar-refractivity contribution is 5.90. The molecular weight excluding hydrogens is 370 g/mol. The summed E-state index contributed by atoms with van der Waals surface area (Å²) in [6.45, 7) is 2.25. The van der Waals surface area contributed by atoms with Crippen molar-refractivity contribution >= 4 is 17.8 Å². The standard InChI is InChI=1S/C19H20F2N4O3/c1-11-7-16(23-25(11)15-5-4-13(20)8-14(15)21)22-18(28)24-9-12-3-2-6-19(12,10-24)17(26)27/h4-5,7-8,12H,2-3,6,9-10H2,1H3,(H,26,27)(H,22,23,28)/t12-,19+/m0/s1. The molecule has 2 atom stereocenters. The number of aryl methyl sites for hydroxylation is 1. The van der Waals surface area contributed by atoms with E-state index in [4.69, 9.17) is 0 Å². The molecule has 2 N–H and O–H groups in total. The number of anilines is 1. The van der Waals surface area contributed by atoms with Crippen LogP contribution in [0.15, 0.2) is 24.3 Å². The first-order valence-electron chi connectivity index (χ1n) is 9.11. The van der Waals surface area contributed by atoms with Crippen molar-refractivity contribution in [3.63, 3.8) is 0 Å². The summed E-state index contributed by atoms with van der Waals surface area (Å²) in [5.74, 6) is -2.13. The summed E-state index contributed by atoms with van der Waals surface area (Å²) in [5.41, 5.74) is -0.231. The van der Waals surface area contributed by atoms with Crippen molar-refractivity contribution < 1.29 is 23.5 Å². The number of carboxylic acid groups (broad SMARTS) is 1. The summed E-state index contributed by atoms with van der Waals surface area (Å²) >= 11 is 0. The molecule has 0 radical (unpaired) electrons. The molecule has 1 aromatic carbocycles. The van der Waals surface area contributed by atoms with Crippen molar-refractivity contribution in [3.8, 4) is 5.69 Å². The Hall–Kier alpha value is -2.97. The molecule has 0 spiro atoms. The van der Waals surface area contributed by atoms with Crippen LogP contribution in [0, 0.1) is 29.9 Å². The van der Waals surface area contributed by atoms with Crippen LogP contribution in [0.3, 0.4) is 0 Å². The SMILES string of the molecule is Cc1cc(NC(=O)N2C[C@@H]3CCC[C@@]3(C(=O)O)C2)nn1-c1ccc(F)cc1F. The monoisotopic (exact) mass is 390 g/mol. The number of hydrogen-bond donors (Lipinski definition) is 2. The lowest BCUT2D eigenvalue weighted by molar-refractivity contribution is -0.149. The third kappa shape index (κ3) is 2.90. The van der Waals surface area contributed by atoms with Crippen LogP contribution in [0.5, 0.6) is 0 Å². The van der Waals surface area contributed by atoms with Gasteiger partial charge >= 0.3 is 12.0 Å². The minimum absolute atomic E-state index is 0.0386. The number of aromatic nitrogens is 2. The van der Waals surface area contributed by atoms with Crippen LogP contribution in [-0.2, 0) is 4.79 Å². The van der Waals surface area contributed by atoms with E-state index in [2.05, 4.69) is 10.4 Å². The van der Waals surface area contributed by atoms with Gasteiger partial charge in [0.2, 0.25) is 0 Å². The molecule has 148 valence electrons. The molecule has 1 saturated heterocycles. The summed E-state index contributed by atoms with van der Waals surface area (Å²) < 4.78 is 28.4. The van der Waals surface area contributed by atoms with Gasteiger partial charge in [0.25, 0.3) is 0 Å². The zero-order valence-corrected chi connectivity index (χ0v) is 15.3. The fourth-order valence-electron chi connectivity index (χ4n) is 4.41. The zero-order chi connectivity index (χ0) is 20.1. The van der Waals surface area contributed by atoms with Gasteiger partial charge in [-0.1, -0.05) is 6.42 Å². The molecule has 1 saturated carbocycles. The average Bonchev–Trinajstić information content (AvgIpc) is 3.27. The number of amides is 2. The molecule has 28 heavy (non-hydrogen) atoms. The summed E-state index contributed by atoms with van der Waals surface area (Å²) in [7, 11) is 0. The molecule has 0 unspecified atom stereocenters. The van der Waals surface area contributed by atoms with Crippen LogP contribution in [-0.4, -0.2) is 44.9 Å². The number of rotatable bonds is 3. The normalized spacial score (nSPS) is 23.7. The molecule has 2 heterocycles. The van der Waals surface area contributed by atoms with Crippen molar-refractivity contribution in [1.82, 2.24) is 14.7 Å². The van der Waals surface area contributed by atoms with Gasteiger partial charge in [-0.3, -0.25) is 10.1 Å². The predicted octanol–water partition coefficient (Wildman–Crippen LogP) is 3.18. The number of carbonyl (C=O) groups excluding carboxylic acids is 1. The molecule has 4 rings (SSSR count).